The summed E-state index contributed by atoms with van der Waals surface area (Å²) in [5.41, 5.74) is 1.53. The first-order chi connectivity index (χ1) is 11.8. The summed E-state index contributed by atoms with van der Waals surface area (Å²) >= 11 is 0. The number of aromatic nitrogens is 3. The molecule has 0 saturated carbocycles. The molecule has 3 rings (SSSR count). The summed E-state index contributed by atoms with van der Waals surface area (Å²) in [7, 11) is 0. The Labute approximate surface area is 140 Å². The van der Waals surface area contributed by atoms with Crippen molar-refractivity contribution in [1.82, 2.24) is 14.7 Å². The zero-order valence-corrected chi connectivity index (χ0v) is 13.4. The summed E-state index contributed by atoms with van der Waals surface area (Å²) in [6.45, 7) is 2.63. The van der Waals surface area contributed by atoms with Crippen LogP contribution in [0.15, 0.2) is 28.8 Å². The molecular formula is C16H14F3N3O3. The molecule has 0 aliphatic carbocycles. The van der Waals surface area contributed by atoms with Gasteiger partial charge < -0.3 is 13.8 Å². The van der Waals surface area contributed by atoms with Crippen molar-refractivity contribution in [2.45, 2.75) is 33.2 Å². The lowest BCUT2D eigenvalue weighted by Gasteiger charge is -2.11. The lowest BCUT2D eigenvalue weighted by Crippen LogP contribution is -2.20. The van der Waals surface area contributed by atoms with Crippen LogP contribution in [0.2, 0.25) is 0 Å². The fourth-order valence-electron chi connectivity index (χ4n) is 2.49. The fraction of sp³-hybridized carbons (Fsp3) is 0.312. The minimum atomic E-state index is -4.68. The van der Waals surface area contributed by atoms with Crippen LogP contribution in [0.5, 0.6) is 0 Å². The SMILES string of the molecule is Cc1noc(C)c1COC(=O)Cn1c(C(F)(F)F)nc2ccccc21. The van der Waals surface area contributed by atoms with Crippen LogP contribution in [0.1, 0.15) is 22.8 Å². The predicted molar refractivity (Wildman–Crippen MR) is 80.5 cm³/mol. The van der Waals surface area contributed by atoms with Gasteiger partial charge >= 0.3 is 12.1 Å². The van der Waals surface area contributed by atoms with Crippen molar-refractivity contribution in [3.8, 4) is 0 Å². The van der Waals surface area contributed by atoms with E-state index in [1.54, 1.807) is 26.0 Å². The highest BCUT2D eigenvalue weighted by molar-refractivity contribution is 5.79. The molecule has 0 N–H and O–H groups in total. The van der Waals surface area contributed by atoms with Gasteiger partial charge in [0.2, 0.25) is 5.82 Å². The monoisotopic (exact) mass is 353 g/mol. The maximum absolute atomic E-state index is 13.2. The number of nitrogens with zero attached hydrogens (tertiary/aromatic N) is 3. The molecule has 2 heterocycles. The quantitative estimate of drug-likeness (QED) is 0.673. The van der Waals surface area contributed by atoms with E-state index in [-0.39, 0.29) is 17.6 Å². The van der Waals surface area contributed by atoms with Gasteiger partial charge in [-0.15, -0.1) is 0 Å². The number of hydrogen-bond acceptors (Lipinski definition) is 5. The van der Waals surface area contributed by atoms with Gasteiger partial charge in [0.05, 0.1) is 22.3 Å². The molecule has 0 radical (unpaired) electrons. The second-order valence-corrected chi connectivity index (χ2v) is 5.47. The molecule has 0 aliphatic rings. The van der Waals surface area contributed by atoms with E-state index in [9.17, 15) is 18.0 Å². The summed E-state index contributed by atoms with van der Waals surface area (Å²) in [5, 5.41) is 3.73. The molecule has 2 aromatic heterocycles. The standard InChI is InChI=1S/C16H14F3N3O3/c1-9-11(10(2)25-21-9)8-24-14(23)7-22-13-6-4-3-5-12(13)20-15(22)16(17,18)19/h3-6H,7-8H2,1-2H3. The second kappa shape index (κ2) is 6.23. The smallest absolute Gasteiger partial charge is 0.449 e. The maximum Gasteiger partial charge on any atom is 0.449 e. The number of carbonyl (C=O) groups excluding carboxylic acids is 1. The number of imidazole rings is 1. The molecule has 25 heavy (non-hydrogen) atoms. The number of halogens is 3. The van der Waals surface area contributed by atoms with Crippen molar-refractivity contribution in [2.75, 3.05) is 0 Å². The minimum absolute atomic E-state index is 0.117. The molecule has 3 aromatic rings. The highest BCUT2D eigenvalue weighted by atomic mass is 19.4. The average molecular weight is 353 g/mol. The first-order valence-corrected chi connectivity index (χ1v) is 7.37. The topological polar surface area (TPSA) is 70.2 Å². The van der Waals surface area contributed by atoms with Gasteiger partial charge in [-0.25, -0.2) is 4.98 Å². The Morgan fingerprint density at radius 2 is 2.00 bits per heavy atom. The summed E-state index contributed by atoms with van der Waals surface area (Å²) < 4.78 is 50.4. The molecule has 9 heteroatoms. The Balaban J connectivity index is 1.83. The van der Waals surface area contributed by atoms with E-state index in [0.29, 0.717) is 17.0 Å². The van der Waals surface area contributed by atoms with Crippen molar-refractivity contribution >= 4 is 17.0 Å². The van der Waals surface area contributed by atoms with Gasteiger partial charge in [0.1, 0.15) is 18.9 Å². The zero-order valence-electron chi connectivity index (χ0n) is 13.4. The molecular weight excluding hydrogens is 339 g/mol. The second-order valence-electron chi connectivity index (χ2n) is 5.47. The van der Waals surface area contributed by atoms with Gasteiger partial charge in [0.25, 0.3) is 0 Å². The van der Waals surface area contributed by atoms with E-state index in [1.807, 2.05) is 0 Å². The van der Waals surface area contributed by atoms with E-state index < -0.39 is 24.5 Å². The molecule has 0 unspecified atom stereocenters. The Morgan fingerprint density at radius 3 is 2.64 bits per heavy atom. The third kappa shape index (κ3) is 3.35. The van der Waals surface area contributed by atoms with Crippen LogP contribution in [-0.2, 0) is 28.9 Å². The Bertz CT molecular complexity index is 908. The number of para-hydroxylation sites is 2. The van der Waals surface area contributed by atoms with Crippen LogP contribution in [0, 0.1) is 13.8 Å². The van der Waals surface area contributed by atoms with Crippen LogP contribution >= 0.6 is 0 Å². The van der Waals surface area contributed by atoms with E-state index in [0.717, 1.165) is 4.57 Å². The molecule has 0 fully saturated rings. The fourth-order valence-corrected chi connectivity index (χ4v) is 2.49. The Hall–Kier alpha value is -2.84. The number of carbonyl (C=O) groups is 1. The maximum atomic E-state index is 13.2. The molecule has 0 atom stereocenters. The minimum Gasteiger partial charge on any atom is -0.459 e. The highest BCUT2D eigenvalue weighted by Gasteiger charge is 2.38. The summed E-state index contributed by atoms with van der Waals surface area (Å²) in [6, 6.07) is 6.08. The third-order valence-electron chi connectivity index (χ3n) is 3.75. The first-order valence-electron chi connectivity index (χ1n) is 7.37. The summed E-state index contributed by atoms with van der Waals surface area (Å²) in [5.74, 6) is -1.45. The van der Waals surface area contributed by atoms with E-state index >= 15 is 0 Å². The number of benzene rings is 1. The van der Waals surface area contributed by atoms with Crippen LogP contribution < -0.4 is 0 Å². The Kier molecular flexibility index (Phi) is 4.23. The van der Waals surface area contributed by atoms with Gasteiger partial charge in [-0.05, 0) is 26.0 Å². The molecule has 0 spiro atoms. The molecule has 0 aliphatic heterocycles. The molecule has 0 amide bonds. The van der Waals surface area contributed by atoms with Gasteiger partial charge in [-0.2, -0.15) is 13.2 Å². The van der Waals surface area contributed by atoms with Crippen LogP contribution in [0.25, 0.3) is 11.0 Å². The van der Waals surface area contributed by atoms with Crippen LogP contribution in [0.4, 0.5) is 13.2 Å². The van der Waals surface area contributed by atoms with Gasteiger partial charge in [0.15, 0.2) is 0 Å². The number of hydrogen-bond donors (Lipinski definition) is 0. The summed E-state index contributed by atoms with van der Waals surface area (Å²) in [4.78, 5) is 15.6. The zero-order chi connectivity index (χ0) is 18.2. The molecule has 0 saturated heterocycles. The van der Waals surface area contributed by atoms with Crippen LogP contribution in [0.3, 0.4) is 0 Å². The van der Waals surface area contributed by atoms with Gasteiger partial charge in [-0.3, -0.25) is 4.79 Å². The molecule has 0 bridgehead atoms. The number of ether oxygens (including phenoxy) is 1. The number of fused-ring (bicyclic) bond motifs is 1. The number of alkyl halides is 3. The number of esters is 1. The van der Waals surface area contributed by atoms with Gasteiger partial charge in [-0.1, -0.05) is 17.3 Å². The molecule has 1 aromatic carbocycles. The van der Waals surface area contributed by atoms with Crippen molar-refractivity contribution in [3.05, 3.63) is 47.1 Å². The largest absolute Gasteiger partial charge is 0.459 e. The predicted octanol–water partition coefficient (Wildman–Crippen LogP) is 3.40. The van der Waals surface area contributed by atoms with Crippen molar-refractivity contribution in [2.24, 2.45) is 0 Å². The van der Waals surface area contributed by atoms with Crippen molar-refractivity contribution in [3.63, 3.8) is 0 Å². The third-order valence-corrected chi connectivity index (χ3v) is 3.75. The molecule has 132 valence electrons. The normalized spacial score (nSPS) is 11.9. The lowest BCUT2D eigenvalue weighted by atomic mass is 10.2. The van der Waals surface area contributed by atoms with Gasteiger partial charge in [0, 0.05) is 0 Å². The van der Waals surface area contributed by atoms with E-state index in [2.05, 4.69) is 10.1 Å². The first kappa shape index (κ1) is 17.0. The average Bonchev–Trinajstić information content (AvgIpc) is 3.07. The Morgan fingerprint density at radius 1 is 1.28 bits per heavy atom. The van der Waals surface area contributed by atoms with Crippen LogP contribution in [-0.4, -0.2) is 20.7 Å². The number of rotatable bonds is 4. The van der Waals surface area contributed by atoms with E-state index in [4.69, 9.17) is 9.26 Å². The van der Waals surface area contributed by atoms with Crippen molar-refractivity contribution in [1.29, 1.82) is 0 Å². The molecule has 6 nitrogen and oxygen atoms in total. The lowest BCUT2D eigenvalue weighted by molar-refractivity contribution is -0.151. The summed E-state index contributed by atoms with van der Waals surface area (Å²) in [6.07, 6.45) is -4.68. The highest BCUT2D eigenvalue weighted by Crippen LogP contribution is 2.31. The number of aryl methyl sites for hydroxylation is 2. The van der Waals surface area contributed by atoms with E-state index in [1.165, 1.54) is 12.1 Å². The van der Waals surface area contributed by atoms with Crippen molar-refractivity contribution < 1.29 is 27.2 Å².